The molecule has 2 rings (SSSR count). The van der Waals surface area contributed by atoms with E-state index in [1.54, 1.807) is 6.92 Å². The Hall–Kier alpha value is -1.84. The van der Waals surface area contributed by atoms with Gasteiger partial charge in [0.05, 0.1) is 17.9 Å². The van der Waals surface area contributed by atoms with Gasteiger partial charge in [-0.1, -0.05) is 11.6 Å². The minimum Gasteiger partial charge on any atom is -0.450 e. The van der Waals surface area contributed by atoms with Crippen molar-refractivity contribution < 1.29 is 14.6 Å². The maximum atomic E-state index is 11.7. The van der Waals surface area contributed by atoms with Gasteiger partial charge in [0.15, 0.2) is 6.23 Å². The van der Waals surface area contributed by atoms with E-state index >= 15 is 0 Å². The molecule has 1 aromatic rings. The van der Waals surface area contributed by atoms with E-state index in [2.05, 4.69) is 4.98 Å². The Bertz CT molecular complexity index is 556. The number of rotatable bonds is 1. The fraction of sp³-hybridized carbons (Fsp3) is 0.417. The van der Waals surface area contributed by atoms with Gasteiger partial charge in [0.1, 0.15) is 11.2 Å². The van der Waals surface area contributed by atoms with Gasteiger partial charge in [-0.3, -0.25) is 4.90 Å². The van der Waals surface area contributed by atoms with Crippen LogP contribution in [0, 0.1) is 11.3 Å². The molecule has 0 bridgehead atoms. The normalized spacial score (nSPS) is 17.6. The molecule has 0 spiro atoms. The number of aromatic nitrogens is 1. The van der Waals surface area contributed by atoms with Crippen molar-refractivity contribution in [1.82, 2.24) is 9.88 Å². The summed E-state index contributed by atoms with van der Waals surface area (Å²) in [5.41, 5.74) is 1.18. The van der Waals surface area contributed by atoms with Gasteiger partial charge in [-0.25, -0.2) is 9.78 Å². The van der Waals surface area contributed by atoms with E-state index in [1.165, 1.54) is 11.0 Å². The highest BCUT2D eigenvalue weighted by atomic mass is 35.5. The van der Waals surface area contributed by atoms with E-state index in [1.807, 2.05) is 6.07 Å². The number of amides is 1. The predicted molar refractivity (Wildman–Crippen MR) is 66.4 cm³/mol. The molecule has 7 heteroatoms. The number of hydrogen-bond acceptors (Lipinski definition) is 5. The molecule has 1 aliphatic heterocycles. The summed E-state index contributed by atoms with van der Waals surface area (Å²) in [7, 11) is 0. The monoisotopic (exact) mass is 281 g/mol. The Labute approximate surface area is 115 Å². The molecule has 0 saturated carbocycles. The number of fused-ring (bicyclic) bond motifs is 1. The number of nitriles is 1. The number of carbonyl (C=O) groups is 1. The Morgan fingerprint density at radius 3 is 3.16 bits per heavy atom. The summed E-state index contributed by atoms with van der Waals surface area (Å²) >= 11 is 5.84. The molecule has 6 nitrogen and oxygen atoms in total. The lowest BCUT2D eigenvalue weighted by Gasteiger charge is -2.32. The third kappa shape index (κ3) is 2.48. The summed E-state index contributed by atoms with van der Waals surface area (Å²) < 4.78 is 4.86. The molecule has 19 heavy (non-hydrogen) atoms. The summed E-state index contributed by atoms with van der Waals surface area (Å²) in [6, 6.07) is 3.35. The number of carbonyl (C=O) groups excluding carboxylic acids is 1. The zero-order valence-corrected chi connectivity index (χ0v) is 11.0. The number of pyridine rings is 1. The second-order valence-electron chi connectivity index (χ2n) is 3.99. The van der Waals surface area contributed by atoms with Crippen molar-refractivity contribution >= 4 is 17.7 Å². The lowest BCUT2D eigenvalue weighted by atomic mass is 10.0. The zero-order chi connectivity index (χ0) is 14.0. The van der Waals surface area contributed by atoms with Gasteiger partial charge in [-0.05, 0) is 13.0 Å². The highest BCUT2D eigenvalue weighted by molar-refractivity contribution is 6.30. The first-order chi connectivity index (χ1) is 9.08. The summed E-state index contributed by atoms with van der Waals surface area (Å²) in [5, 5.41) is 19.2. The summed E-state index contributed by atoms with van der Waals surface area (Å²) in [5.74, 6) is 0. The molecule has 100 valence electrons. The van der Waals surface area contributed by atoms with E-state index in [-0.39, 0.29) is 17.3 Å². The maximum Gasteiger partial charge on any atom is 0.412 e. The predicted octanol–water partition coefficient (Wildman–Crippen LogP) is 1.61. The van der Waals surface area contributed by atoms with Crippen LogP contribution in [0.3, 0.4) is 0 Å². The van der Waals surface area contributed by atoms with Gasteiger partial charge >= 0.3 is 6.09 Å². The van der Waals surface area contributed by atoms with Crippen molar-refractivity contribution in [2.75, 3.05) is 13.2 Å². The van der Waals surface area contributed by atoms with Gasteiger partial charge in [0, 0.05) is 18.5 Å². The van der Waals surface area contributed by atoms with Gasteiger partial charge < -0.3 is 9.84 Å². The number of hydrogen-bond donors (Lipinski definition) is 1. The molecule has 0 saturated heterocycles. The Morgan fingerprint density at radius 2 is 2.53 bits per heavy atom. The topological polar surface area (TPSA) is 86.5 Å². The molecule has 1 N–H and O–H groups in total. The van der Waals surface area contributed by atoms with Gasteiger partial charge in [0.25, 0.3) is 0 Å². The van der Waals surface area contributed by atoms with Crippen LogP contribution < -0.4 is 0 Å². The number of ether oxygens (including phenoxy) is 1. The summed E-state index contributed by atoms with van der Waals surface area (Å²) in [6.07, 6.45) is -1.30. The van der Waals surface area contributed by atoms with E-state index in [0.717, 1.165) is 0 Å². The van der Waals surface area contributed by atoms with E-state index in [4.69, 9.17) is 21.6 Å². The number of aliphatic hydroxyl groups excluding tert-OH is 1. The standard InChI is InChI=1S/C12H12ClN3O3/c1-2-19-12(18)16-4-3-9-8(11(16)17)5-7(6-14)10(13)15-9/h5,11,17H,2-4H2,1H3/t11-/m0/s1. The SMILES string of the molecule is CCOC(=O)N1CCc2nc(Cl)c(C#N)cc2[C@@H]1O. The van der Waals surface area contributed by atoms with Crippen molar-refractivity contribution in [1.29, 1.82) is 5.26 Å². The smallest absolute Gasteiger partial charge is 0.412 e. The molecule has 1 atom stereocenters. The summed E-state index contributed by atoms with van der Waals surface area (Å²) in [6.45, 7) is 2.22. The number of halogens is 1. The molecule has 0 fully saturated rings. The second kappa shape index (κ2) is 5.43. The van der Waals surface area contributed by atoms with Crippen LogP contribution in [0.1, 0.15) is 30.0 Å². The molecule has 0 unspecified atom stereocenters. The average Bonchev–Trinajstić information content (AvgIpc) is 2.38. The third-order valence-corrected chi connectivity index (χ3v) is 3.16. The fourth-order valence-electron chi connectivity index (χ4n) is 1.96. The number of nitrogens with zero attached hydrogens (tertiary/aromatic N) is 3. The second-order valence-corrected chi connectivity index (χ2v) is 4.35. The minimum atomic E-state index is -1.17. The highest BCUT2D eigenvalue weighted by Gasteiger charge is 2.31. The van der Waals surface area contributed by atoms with E-state index < -0.39 is 12.3 Å². The van der Waals surface area contributed by atoms with Crippen LogP contribution >= 0.6 is 11.6 Å². The van der Waals surface area contributed by atoms with Crippen LogP contribution in [0.25, 0.3) is 0 Å². The lowest BCUT2D eigenvalue weighted by molar-refractivity contribution is -0.00748. The van der Waals surface area contributed by atoms with Crippen molar-refractivity contribution in [3.8, 4) is 6.07 Å². The van der Waals surface area contributed by atoms with Gasteiger partial charge in [-0.15, -0.1) is 0 Å². The zero-order valence-electron chi connectivity index (χ0n) is 10.3. The van der Waals surface area contributed by atoms with Crippen LogP contribution in [-0.4, -0.2) is 34.2 Å². The molecule has 0 aliphatic carbocycles. The highest BCUT2D eigenvalue weighted by Crippen LogP contribution is 2.29. The molecule has 0 radical (unpaired) electrons. The molecule has 1 aliphatic rings. The Balaban J connectivity index is 2.35. The lowest BCUT2D eigenvalue weighted by Crippen LogP contribution is -2.40. The minimum absolute atomic E-state index is 0.109. The quantitative estimate of drug-likeness (QED) is 0.790. The van der Waals surface area contributed by atoms with Crippen LogP contribution in [-0.2, 0) is 11.2 Å². The Morgan fingerprint density at radius 1 is 1.79 bits per heavy atom. The van der Waals surface area contributed by atoms with Crippen LogP contribution in [0.4, 0.5) is 4.79 Å². The first kappa shape index (κ1) is 13.6. The molecular formula is C12H12ClN3O3. The first-order valence-corrected chi connectivity index (χ1v) is 6.17. The largest absolute Gasteiger partial charge is 0.450 e. The summed E-state index contributed by atoms with van der Waals surface area (Å²) in [4.78, 5) is 16.9. The van der Waals surface area contributed by atoms with Crippen molar-refractivity contribution in [2.45, 2.75) is 19.6 Å². The third-order valence-electron chi connectivity index (χ3n) is 2.87. The van der Waals surface area contributed by atoms with Gasteiger partial charge in [0.2, 0.25) is 0 Å². The average molecular weight is 282 g/mol. The maximum absolute atomic E-state index is 11.7. The van der Waals surface area contributed by atoms with Crippen molar-refractivity contribution in [3.05, 3.63) is 28.0 Å². The fourth-order valence-corrected chi connectivity index (χ4v) is 2.16. The first-order valence-electron chi connectivity index (χ1n) is 5.79. The Kier molecular flexibility index (Phi) is 3.88. The van der Waals surface area contributed by atoms with Crippen LogP contribution in [0.15, 0.2) is 6.07 Å². The molecule has 1 amide bonds. The molecule has 0 aromatic carbocycles. The number of aliphatic hydroxyl groups is 1. The molecular weight excluding hydrogens is 270 g/mol. The van der Waals surface area contributed by atoms with Crippen molar-refractivity contribution in [2.24, 2.45) is 0 Å². The molecule has 1 aromatic heterocycles. The van der Waals surface area contributed by atoms with Gasteiger partial charge in [-0.2, -0.15) is 5.26 Å². The van der Waals surface area contributed by atoms with Crippen molar-refractivity contribution in [3.63, 3.8) is 0 Å². The molecule has 2 heterocycles. The van der Waals surface area contributed by atoms with Crippen LogP contribution in [0.2, 0.25) is 5.15 Å². The van der Waals surface area contributed by atoms with E-state index in [9.17, 15) is 9.90 Å². The van der Waals surface area contributed by atoms with E-state index in [0.29, 0.717) is 24.2 Å². The van der Waals surface area contributed by atoms with Crippen LogP contribution in [0.5, 0.6) is 0 Å².